The average Bonchev–Trinajstić information content (AvgIpc) is 3.31. The zero-order chi connectivity index (χ0) is 19.1. The molecular formula is C20H23N3O2S2. The van der Waals surface area contributed by atoms with Crippen molar-refractivity contribution >= 4 is 40.4 Å². The maximum absolute atomic E-state index is 12.9. The monoisotopic (exact) mass is 401 g/mol. The molecule has 5 nitrogen and oxygen atoms in total. The van der Waals surface area contributed by atoms with Gasteiger partial charge in [-0.2, -0.15) is 5.10 Å². The molecule has 0 radical (unpaired) electrons. The largest absolute Gasteiger partial charge is 0.497 e. The van der Waals surface area contributed by atoms with Gasteiger partial charge in [0.2, 0.25) is 5.91 Å². The Morgan fingerprint density at radius 2 is 2.07 bits per heavy atom. The van der Waals surface area contributed by atoms with Crippen LogP contribution in [-0.4, -0.2) is 34.5 Å². The summed E-state index contributed by atoms with van der Waals surface area (Å²) in [6, 6.07) is 11.7. The maximum Gasteiger partial charge on any atom is 0.242 e. The molecule has 3 rings (SSSR count). The van der Waals surface area contributed by atoms with Crippen LogP contribution in [0.4, 0.5) is 0 Å². The van der Waals surface area contributed by atoms with Gasteiger partial charge in [0.15, 0.2) is 5.17 Å². The summed E-state index contributed by atoms with van der Waals surface area (Å²) >= 11 is 3.13. The number of rotatable bonds is 8. The number of thioether (sulfide) groups is 1. The lowest BCUT2D eigenvalue weighted by Gasteiger charge is -2.16. The van der Waals surface area contributed by atoms with Gasteiger partial charge < -0.3 is 4.74 Å². The van der Waals surface area contributed by atoms with E-state index < -0.39 is 0 Å². The lowest BCUT2D eigenvalue weighted by Crippen LogP contribution is -2.31. The normalized spacial score (nSPS) is 18.7. The predicted octanol–water partition coefficient (Wildman–Crippen LogP) is 4.78. The Balaban J connectivity index is 1.77. The Kier molecular flexibility index (Phi) is 7.06. The predicted molar refractivity (Wildman–Crippen MR) is 114 cm³/mol. The highest BCUT2D eigenvalue weighted by Gasteiger charge is 2.37. The highest BCUT2D eigenvalue weighted by molar-refractivity contribution is 8.15. The molecule has 1 aromatic carbocycles. The van der Waals surface area contributed by atoms with Crippen LogP contribution in [0.3, 0.4) is 0 Å². The van der Waals surface area contributed by atoms with Gasteiger partial charge in [-0.15, -0.1) is 16.4 Å². The van der Waals surface area contributed by atoms with E-state index in [4.69, 9.17) is 4.74 Å². The molecule has 1 aromatic heterocycles. The standard InChI is InChI=1S/C20H23N3O2S2/c1-3-4-7-18-19(24)23(14-15-8-10-16(25-2)11-9-15)20(27-18)22-21-13-17-6-5-12-26-17/h5-6,8-13,18H,3-4,7,14H2,1-2H3/b21-13+,22-20+. The summed E-state index contributed by atoms with van der Waals surface area (Å²) < 4.78 is 5.20. The molecule has 0 N–H and O–H groups in total. The first kappa shape index (κ1) is 19.6. The number of methoxy groups -OCH3 is 1. The Hall–Kier alpha value is -2.12. The molecule has 1 atom stereocenters. The summed E-state index contributed by atoms with van der Waals surface area (Å²) in [5.41, 5.74) is 1.04. The number of amidine groups is 1. The SMILES string of the molecule is CCCCC1S/C(=N/N=C/c2cccs2)N(Cc2ccc(OC)cc2)C1=O. The van der Waals surface area contributed by atoms with Crippen molar-refractivity contribution in [2.75, 3.05) is 7.11 Å². The van der Waals surface area contributed by atoms with Crippen LogP contribution in [0.25, 0.3) is 0 Å². The summed E-state index contributed by atoms with van der Waals surface area (Å²) in [6.45, 7) is 2.63. The Bertz CT molecular complexity index is 801. The molecule has 1 aliphatic rings. The number of carbonyl (C=O) groups excluding carboxylic acids is 1. The van der Waals surface area contributed by atoms with Crippen molar-refractivity contribution in [2.45, 2.75) is 38.0 Å². The number of amides is 1. The van der Waals surface area contributed by atoms with Gasteiger partial charge in [-0.3, -0.25) is 9.69 Å². The van der Waals surface area contributed by atoms with Crippen LogP contribution in [-0.2, 0) is 11.3 Å². The van der Waals surface area contributed by atoms with Gasteiger partial charge in [0, 0.05) is 4.88 Å². The maximum atomic E-state index is 12.9. The van der Waals surface area contributed by atoms with Crippen molar-refractivity contribution < 1.29 is 9.53 Å². The minimum absolute atomic E-state index is 0.0705. The summed E-state index contributed by atoms with van der Waals surface area (Å²) in [5.74, 6) is 0.922. The fourth-order valence-electron chi connectivity index (χ4n) is 2.72. The Morgan fingerprint density at radius 3 is 2.74 bits per heavy atom. The molecule has 1 aliphatic heterocycles. The van der Waals surface area contributed by atoms with Gasteiger partial charge in [-0.1, -0.05) is 49.7 Å². The summed E-state index contributed by atoms with van der Waals surface area (Å²) in [6.07, 6.45) is 4.71. The molecule has 1 saturated heterocycles. The van der Waals surface area contributed by atoms with E-state index >= 15 is 0 Å². The molecule has 7 heteroatoms. The highest BCUT2D eigenvalue weighted by Crippen LogP contribution is 2.32. The fraction of sp³-hybridized carbons (Fsp3) is 0.350. The molecule has 1 unspecified atom stereocenters. The minimum Gasteiger partial charge on any atom is -0.497 e. The van der Waals surface area contributed by atoms with E-state index in [-0.39, 0.29) is 11.2 Å². The van der Waals surface area contributed by atoms with E-state index in [0.29, 0.717) is 11.7 Å². The molecule has 142 valence electrons. The van der Waals surface area contributed by atoms with Crippen molar-refractivity contribution in [3.63, 3.8) is 0 Å². The van der Waals surface area contributed by atoms with Crippen LogP contribution < -0.4 is 4.74 Å². The smallest absolute Gasteiger partial charge is 0.242 e. The molecule has 1 amide bonds. The van der Waals surface area contributed by atoms with Gasteiger partial charge in [-0.05, 0) is 35.6 Å². The summed E-state index contributed by atoms with van der Waals surface area (Å²) in [4.78, 5) is 15.7. The van der Waals surface area contributed by atoms with Crippen molar-refractivity contribution in [1.82, 2.24) is 4.90 Å². The third-order valence-electron chi connectivity index (χ3n) is 4.21. The number of thiophene rings is 1. The van der Waals surface area contributed by atoms with Crippen molar-refractivity contribution in [2.24, 2.45) is 10.2 Å². The lowest BCUT2D eigenvalue weighted by molar-refractivity contribution is -0.126. The molecule has 0 saturated carbocycles. The second-order valence-corrected chi connectivity index (χ2v) is 8.31. The molecule has 2 aromatic rings. The van der Waals surface area contributed by atoms with Crippen molar-refractivity contribution in [3.8, 4) is 5.75 Å². The summed E-state index contributed by atoms with van der Waals surface area (Å²) in [7, 11) is 1.64. The number of ether oxygens (including phenoxy) is 1. The number of unbranched alkanes of at least 4 members (excludes halogenated alkanes) is 1. The lowest BCUT2D eigenvalue weighted by atomic mass is 10.1. The molecular weight excluding hydrogens is 378 g/mol. The van der Waals surface area contributed by atoms with Gasteiger partial charge in [-0.25, -0.2) is 0 Å². The third-order valence-corrected chi connectivity index (χ3v) is 6.25. The second kappa shape index (κ2) is 9.71. The molecule has 0 aliphatic carbocycles. The van der Waals surface area contributed by atoms with E-state index in [1.807, 2.05) is 41.8 Å². The van der Waals surface area contributed by atoms with E-state index in [2.05, 4.69) is 17.1 Å². The zero-order valence-corrected chi connectivity index (χ0v) is 17.1. The average molecular weight is 402 g/mol. The highest BCUT2D eigenvalue weighted by atomic mass is 32.2. The Labute approximate surface area is 168 Å². The van der Waals surface area contributed by atoms with Crippen LogP contribution in [0.5, 0.6) is 5.75 Å². The van der Waals surface area contributed by atoms with Gasteiger partial charge in [0.25, 0.3) is 0 Å². The van der Waals surface area contributed by atoms with Crippen molar-refractivity contribution in [1.29, 1.82) is 0 Å². The van der Waals surface area contributed by atoms with Crippen molar-refractivity contribution in [3.05, 3.63) is 52.2 Å². The van der Waals surface area contributed by atoms with E-state index in [1.165, 1.54) is 11.8 Å². The zero-order valence-electron chi connectivity index (χ0n) is 15.5. The van der Waals surface area contributed by atoms with Gasteiger partial charge in [0.05, 0.1) is 25.1 Å². The topological polar surface area (TPSA) is 54.3 Å². The quantitative estimate of drug-likeness (QED) is 0.472. The van der Waals surface area contributed by atoms with Crippen LogP contribution >= 0.6 is 23.1 Å². The molecule has 0 spiro atoms. The number of benzene rings is 1. The van der Waals surface area contributed by atoms with E-state index in [9.17, 15) is 4.79 Å². The van der Waals surface area contributed by atoms with E-state index in [0.717, 1.165) is 35.5 Å². The van der Waals surface area contributed by atoms with Gasteiger partial charge >= 0.3 is 0 Å². The molecule has 2 heterocycles. The van der Waals surface area contributed by atoms with Gasteiger partial charge in [0.1, 0.15) is 5.75 Å². The number of nitrogens with zero attached hydrogens (tertiary/aromatic N) is 3. The first-order chi connectivity index (χ1) is 13.2. The second-order valence-electron chi connectivity index (χ2n) is 6.16. The third kappa shape index (κ3) is 5.20. The van der Waals surface area contributed by atoms with Crippen LogP contribution in [0.1, 0.15) is 36.6 Å². The number of hydrogen-bond acceptors (Lipinski definition) is 6. The molecule has 1 fully saturated rings. The number of carbonyl (C=O) groups is 1. The van der Waals surface area contributed by atoms with Crippen LogP contribution in [0.2, 0.25) is 0 Å². The summed E-state index contributed by atoms with van der Waals surface area (Å²) in [5, 5.41) is 11.2. The number of hydrogen-bond donors (Lipinski definition) is 0. The van der Waals surface area contributed by atoms with Crippen LogP contribution in [0.15, 0.2) is 52.0 Å². The minimum atomic E-state index is -0.0705. The molecule has 27 heavy (non-hydrogen) atoms. The van der Waals surface area contributed by atoms with Crippen LogP contribution in [0, 0.1) is 0 Å². The Morgan fingerprint density at radius 1 is 1.26 bits per heavy atom. The first-order valence-electron chi connectivity index (χ1n) is 8.96. The fourth-order valence-corrected chi connectivity index (χ4v) is 4.44. The molecule has 0 bridgehead atoms. The first-order valence-corrected chi connectivity index (χ1v) is 10.7. The van der Waals surface area contributed by atoms with E-state index in [1.54, 1.807) is 29.6 Å².